The van der Waals surface area contributed by atoms with Gasteiger partial charge in [0.05, 0.1) is 0 Å². The fourth-order valence-electron chi connectivity index (χ4n) is 0.990. The molecule has 1 unspecified atom stereocenters. The van der Waals surface area contributed by atoms with E-state index in [1.807, 2.05) is 6.92 Å². The van der Waals surface area contributed by atoms with Crippen LogP contribution in [0.3, 0.4) is 0 Å². The molecule has 0 aromatic carbocycles. The molecule has 1 aromatic heterocycles. The van der Waals surface area contributed by atoms with Crippen molar-refractivity contribution in [2.24, 2.45) is 0 Å². The minimum absolute atomic E-state index is 0.0258. The summed E-state index contributed by atoms with van der Waals surface area (Å²) in [5.74, 6) is 0.750. The van der Waals surface area contributed by atoms with Crippen molar-refractivity contribution >= 4 is 22.6 Å². The van der Waals surface area contributed by atoms with Crippen LogP contribution in [0.1, 0.15) is 12.7 Å². The number of nitrogens with one attached hydrogen (secondary N) is 1. The molecule has 1 rings (SSSR count). The summed E-state index contributed by atoms with van der Waals surface area (Å²) >= 11 is 1.26. The average Bonchev–Trinajstić information content (AvgIpc) is 2.49. The number of carbonyl (C=O) groups excluding carboxylic acids is 1. The number of rotatable bonds is 3. The lowest BCUT2D eigenvalue weighted by Crippen LogP contribution is -2.36. The maximum atomic E-state index is 11.5. The minimum Gasteiger partial charge on any atom is -0.349 e. The SMILES string of the molecule is Cc1nsc(NC(C)C(=O)N(C)C)n1. The first-order valence-electron chi connectivity index (χ1n) is 4.28. The predicted octanol–water partition coefficient (Wildman–Crippen LogP) is 0.735. The molecule has 6 heteroatoms. The first kappa shape index (κ1) is 10.9. The summed E-state index contributed by atoms with van der Waals surface area (Å²) in [6, 6.07) is -0.266. The van der Waals surface area contributed by atoms with Gasteiger partial charge in [-0.1, -0.05) is 0 Å². The Labute approximate surface area is 87.3 Å². The molecule has 78 valence electrons. The maximum Gasteiger partial charge on any atom is 0.244 e. The molecular formula is C8H14N4OS. The molecule has 0 aliphatic carbocycles. The Morgan fingerprint density at radius 2 is 2.21 bits per heavy atom. The molecule has 0 saturated carbocycles. The van der Waals surface area contributed by atoms with Crippen LogP contribution in [-0.2, 0) is 4.79 Å². The van der Waals surface area contributed by atoms with Crippen molar-refractivity contribution in [1.82, 2.24) is 14.3 Å². The Hall–Kier alpha value is -1.17. The average molecular weight is 214 g/mol. The molecule has 0 fully saturated rings. The van der Waals surface area contributed by atoms with Gasteiger partial charge in [-0.05, 0) is 13.8 Å². The van der Waals surface area contributed by atoms with Crippen LogP contribution < -0.4 is 5.32 Å². The Kier molecular flexibility index (Phi) is 3.40. The van der Waals surface area contributed by atoms with Crippen molar-refractivity contribution in [3.63, 3.8) is 0 Å². The summed E-state index contributed by atoms with van der Waals surface area (Å²) in [4.78, 5) is 17.1. The number of amides is 1. The summed E-state index contributed by atoms with van der Waals surface area (Å²) in [5.41, 5.74) is 0. The van der Waals surface area contributed by atoms with Crippen LogP contribution in [0.25, 0.3) is 0 Å². The molecule has 0 aliphatic rings. The lowest BCUT2D eigenvalue weighted by Gasteiger charge is -2.16. The first-order valence-corrected chi connectivity index (χ1v) is 5.06. The number of aromatic nitrogens is 2. The van der Waals surface area contributed by atoms with Crippen molar-refractivity contribution in [3.8, 4) is 0 Å². The number of carbonyl (C=O) groups is 1. The van der Waals surface area contributed by atoms with Gasteiger partial charge in [0.2, 0.25) is 11.0 Å². The van der Waals surface area contributed by atoms with Gasteiger partial charge in [0, 0.05) is 25.6 Å². The van der Waals surface area contributed by atoms with Crippen LogP contribution >= 0.6 is 11.5 Å². The number of aryl methyl sites for hydroxylation is 1. The zero-order valence-corrected chi connectivity index (χ0v) is 9.55. The Balaban J connectivity index is 2.57. The molecule has 14 heavy (non-hydrogen) atoms. The van der Waals surface area contributed by atoms with E-state index in [1.54, 1.807) is 25.9 Å². The second-order valence-corrected chi connectivity index (χ2v) is 4.00. The molecular weight excluding hydrogens is 200 g/mol. The van der Waals surface area contributed by atoms with E-state index in [0.717, 1.165) is 5.82 Å². The number of anilines is 1. The largest absolute Gasteiger partial charge is 0.349 e. The Morgan fingerprint density at radius 1 is 1.57 bits per heavy atom. The molecule has 0 aliphatic heterocycles. The second kappa shape index (κ2) is 4.36. The van der Waals surface area contributed by atoms with Crippen molar-refractivity contribution in [2.45, 2.75) is 19.9 Å². The third-order valence-corrected chi connectivity index (χ3v) is 2.42. The normalized spacial score (nSPS) is 12.3. The summed E-state index contributed by atoms with van der Waals surface area (Å²) < 4.78 is 4.02. The monoisotopic (exact) mass is 214 g/mol. The lowest BCUT2D eigenvalue weighted by atomic mass is 10.3. The zero-order chi connectivity index (χ0) is 10.7. The highest BCUT2D eigenvalue weighted by Crippen LogP contribution is 2.11. The molecule has 1 N–H and O–H groups in total. The summed E-state index contributed by atoms with van der Waals surface area (Å²) in [6.07, 6.45) is 0. The highest BCUT2D eigenvalue weighted by molar-refractivity contribution is 7.09. The van der Waals surface area contributed by atoms with Crippen LogP contribution in [0.4, 0.5) is 5.13 Å². The predicted molar refractivity (Wildman–Crippen MR) is 56.4 cm³/mol. The van der Waals surface area contributed by atoms with Crippen LogP contribution in [0.5, 0.6) is 0 Å². The van der Waals surface area contributed by atoms with Crippen molar-refractivity contribution < 1.29 is 4.79 Å². The third kappa shape index (κ3) is 2.66. The molecule has 5 nitrogen and oxygen atoms in total. The summed E-state index contributed by atoms with van der Waals surface area (Å²) in [7, 11) is 3.46. The van der Waals surface area contributed by atoms with Crippen LogP contribution in [0, 0.1) is 6.92 Å². The smallest absolute Gasteiger partial charge is 0.244 e. The fraction of sp³-hybridized carbons (Fsp3) is 0.625. The Morgan fingerprint density at radius 3 is 2.64 bits per heavy atom. The topological polar surface area (TPSA) is 58.1 Å². The molecule has 1 atom stereocenters. The van der Waals surface area contributed by atoms with E-state index in [4.69, 9.17) is 0 Å². The van der Waals surface area contributed by atoms with Gasteiger partial charge >= 0.3 is 0 Å². The van der Waals surface area contributed by atoms with E-state index in [2.05, 4.69) is 14.7 Å². The van der Waals surface area contributed by atoms with E-state index in [0.29, 0.717) is 5.13 Å². The number of nitrogens with zero attached hydrogens (tertiary/aromatic N) is 3. The standard InChI is InChI=1S/C8H14N4OS/c1-5(7(13)12(3)4)9-8-10-6(2)11-14-8/h5H,1-4H3,(H,9,10,11). The van der Waals surface area contributed by atoms with Crippen LogP contribution in [0.2, 0.25) is 0 Å². The van der Waals surface area contributed by atoms with Gasteiger partial charge in [0.15, 0.2) is 0 Å². The van der Waals surface area contributed by atoms with Crippen LogP contribution in [-0.4, -0.2) is 40.3 Å². The van der Waals surface area contributed by atoms with Gasteiger partial charge in [0.1, 0.15) is 11.9 Å². The van der Waals surface area contributed by atoms with E-state index in [-0.39, 0.29) is 11.9 Å². The van der Waals surface area contributed by atoms with Gasteiger partial charge in [-0.3, -0.25) is 4.79 Å². The van der Waals surface area contributed by atoms with Crippen molar-refractivity contribution in [1.29, 1.82) is 0 Å². The summed E-state index contributed by atoms with van der Waals surface area (Å²) in [5, 5.41) is 3.68. The summed E-state index contributed by atoms with van der Waals surface area (Å²) in [6.45, 7) is 3.62. The molecule has 0 radical (unpaired) electrons. The van der Waals surface area contributed by atoms with E-state index >= 15 is 0 Å². The van der Waals surface area contributed by atoms with Crippen molar-refractivity contribution in [3.05, 3.63) is 5.82 Å². The second-order valence-electron chi connectivity index (χ2n) is 3.25. The van der Waals surface area contributed by atoms with Gasteiger partial charge in [-0.15, -0.1) is 0 Å². The third-order valence-electron chi connectivity index (χ3n) is 1.68. The van der Waals surface area contributed by atoms with Gasteiger partial charge < -0.3 is 10.2 Å². The molecule has 1 amide bonds. The maximum absolute atomic E-state index is 11.5. The van der Waals surface area contributed by atoms with E-state index < -0.39 is 0 Å². The highest BCUT2D eigenvalue weighted by atomic mass is 32.1. The number of hydrogen-bond donors (Lipinski definition) is 1. The first-order chi connectivity index (χ1) is 6.50. The highest BCUT2D eigenvalue weighted by Gasteiger charge is 2.15. The number of hydrogen-bond acceptors (Lipinski definition) is 5. The molecule has 0 bridgehead atoms. The quantitative estimate of drug-likeness (QED) is 0.806. The van der Waals surface area contributed by atoms with E-state index in [9.17, 15) is 4.79 Å². The Bertz CT molecular complexity index is 323. The number of likely N-dealkylation sites (N-methyl/N-ethyl adjacent to an activating group) is 1. The fourth-order valence-corrected chi connectivity index (χ4v) is 1.65. The molecule has 1 aromatic rings. The minimum atomic E-state index is -0.266. The molecule has 0 saturated heterocycles. The molecule has 1 heterocycles. The lowest BCUT2D eigenvalue weighted by molar-refractivity contribution is -0.129. The van der Waals surface area contributed by atoms with Crippen molar-refractivity contribution in [2.75, 3.05) is 19.4 Å². The van der Waals surface area contributed by atoms with Gasteiger partial charge in [-0.2, -0.15) is 4.37 Å². The van der Waals surface area contributed by atoms with Gasteiger partial charge in [0.25, 0.3) is 0 Å². The van der Waals surface area contributed by atoms with E-state index in [1.165, 1.54) is 11.5 Å². The zero-order valence-electron chi connectivity index (χ0n) is 8.74. The molecule has 0 spiro atoms. The van der Waals surface area contributed by atoms with Crippen LogP contribution in [0.15, 0.2) is 0 Å². The van der Waals surface area contributed by atoms with Gasteiger partial charge in [-0.25, -0.2) is 4.98 Å².